The maximum atomic E-state index is 13.7. The van der Waals surface area contributed by atoms with Gasteiger partial charge in [0.25, 0.3) is 11.8 Å². The first-order valence-corrected chi connectivity index (χ1v) is 12.5. The van der Waals surface area contributed by atoms with Crippen LogP contribution in [0.25, 0.3) is 5.57 Å². The Bertz CT molecular complexity index is 974. The summed E-state index contributed by atoms with van der Waals surface area (Å²) in [5, 5.41) is 0. The summed E-state index contributed by atoms with van der Waals surface area (Å²) in [7, 11) is 0. The molecule has 0 spiro atoms. The van der Waals surface area contributed by atoms with E-state index in [1.807, 2.05) is 68.4 Å². The molecular formula is C27H31NO3S. The Morgan fingerprint density at radius 2 is 1.47 bits per heavy atom. The van der Waals surface area contributed by atoms with Crippen molar-refractivity contribution in [2.75, 3.05) is 0 Å². The number of nitrogens with zero attached hydrogens (tertiary/aromatic N) is 1. The van der Waals surface area contributed by atoms with Gasteiger partial charge in [-0.05, 0) is 56.5 Å². The van der Waals surface area contributed by atoms with Crippen molar-refractivity contribution < 1.29 is 14.3 Å². The van der Waals surface area contributed by atoms with Gasteiger partial charge in [0.2, 0.25) is 0 Å². The molecule has 2 amide bonds. The van der Waals surface area contributed by atoms with Gasteiger partial charge in [0.05, 0.1) is 16.6 Å². The summed E-state index contributed by atoms with van der Waals surface area (Å²) >= 11 is 1.39. The number of carbonyl (C=O) groups is 2. The number of thioether (sulfide) groups is 1. The zero-order chi connectivity index (χ0) is 22.5. The molecule has 1 aliphatic carbocycles. The van der Waals surface area contributed by atoms with Gasteiger partial charge in [0.15, 0.2) is 0 Å². The van der Waals surface area contributed by atoms with Gasteiger partial charge in [-0.3, -0.25) is 14.5 Å². The molecule has 0 atom stereocenters. The normalized spacial score (nSPS) is 18.3. The van der Waals surface area contributed by atoms with E-state index in [9.17, 15) is 9.59 Å². The molecule has 0 N–H and O–H groups in total. The number of amides is 2. The third kappa shape index (κ3) is 5.09. The molecule has 168 valence electrons. The Balaban J connectivity index is 1.69. The van der Waals surface area contributed by atoms with Crippen molar-refractivity contribution >= 4 is 29.1 Å². The lowest BCUT2D eigenvalue weighted by atomic mass is 9.95. The van der Waals surface area contributed by atoms with E-state index in [4.69, 9.17) is 4.74 Å². The molecule has 1 saturated carbocycles. The Kier molecular flexibility index (Phi) is 7.36. The summed E-state index contributed by atoms with van der Waals surface area (Å²) in [6, 6.07) is 17.3. The van der Waals surface area contributed by atoms with Gasteiger partial charge in [-0.15, -0.1) is 0 Å². The van der Waals surface area contributed by atoms with Crippen molar-refractivity contribution in [2.24, 2.45) is 0 Å². The molecule has 4 nitrogen and oxygen atoms in total. The van der Waals surface area contributed by atoms with Crippen LogP contribution in [0.4, 0.5) is 0 Å². The molecular weight excluding hydrogens is 418 g/mol. The van der Waals surface area contributed by atoms with Gasteiger partial charge in [-0.25, -0.2) is 0 Å². The summed E-state index contributed by atoms with van der Waals surface area (Å²) in [6.07, 6.45) is 7.61. The molecule has 1 heterocycles. The quantitative estimate of drug-likeness (QED) is 0.475. The van der Waals surface area contributed by atoms with E-state index < -0.39 is 0 Å². The highest BCUT2D eigenvalue weighted by atomic mass is 32.2. The Labute approximate surface area is 195 Å². The first kappa shape index (κ1) is 22.7. The molecule has 0 aromatic heterocycles. The topological polar surface area (TPSA) is 46.6 Å². The van der Waals surface area contributed by atoms with Crippen LogP contribution in [0, 0.1) is 0 Å². The van der Waals surface area contributed by atoms with E-state index in [0.717, 1.165) is 41.9 Å². The summed E-state index contributed by atoms with van der Waals surface area (Å²) < 4.78 is 5.76. The minimum absolute atomic E-state index is 0.0114. The second-order valence-corrected chi connectivity index (χ2v) is 9.87. The highest BCUT2D eigenvalue weighted by Crippen LogP contribution is 2.42. The largest absolute Gasteiger partial charge is 0.491 e. The van der Waals surface area contributed by atoms with Crippen LogP contribution in [0.5, 0.6) is 5.75 Å². The number of hydrogen-bond donors (Lipinski definition) is 0. The van der Waals surface area contributed by atoms with Crippen molar-refractivity contribution in [3.05, 3.63) is 65.1 Å². The van der Waals surface area contributed by atoms with Crippen molar-refractivity contribution in [3.8, 4) is 5.75 Å². The van der Waals surface area contributed by atoms with Crippen LogP contribution in [-0.2, 0) is 9.59 Å². The molecule has 0 radical (unpaired) electrons. The molecule has 0 saturated heterocycles. The second kappa shape index (κ2) is 10.4. The van der Waals surface area contributed by atoms with Crippen LogP contribution in [0.3, 0.4) is 0 Å². The molecule has 0 bridgehead atoms. The van der Waals surface area contributed by atoms with Gasteiger partial charge >= 0.3 is 0 Å². The molecule has 1 aliphatic heterocycles. The van der Waals surface area contributed by atoms with Crippen molar-refractivity contribution in [3.63, 3.8) is 0 Å². The van der Waals surface area contributed by atoms with Crippen LogP contribution in [0.2, 0.25) is 0 Å². The first-order chi connectivity index (χ1) is 15.5. The van der Waals surface area contributed by atoms with Gasteiger partial charge in [-0.1, -0.05) is 74.2 Å². The van der Waals surface area contributed by atoms with Gasteiger partial charge in [-0.2, -0.15) is 0 Å². The fraction of sp³-hybridized carbons (Fsp3) is 0.407. The predicted octanol–water partition coefficient (Wildman–Crippen LogP) is 6.46. The van der Waals surface area contributed by atoms with E-state index in [0.29, 0.717) is 10.5 Å². The average molecular weight is 450 g/mol. The lowest BCUT2D eigenvalue weighted by Crippen LogP contribution is -2.41. The monoisotopic (exact) mass is 449 g/mol. The Morgan fingerprint density at radius 1 is 0.844 bits per heavy atom. The third-order valence-corrected chi connectivity index (χ3v) is 7.08. The smallest absolute Gasteiger partial charge is 0.268 e. The minimum atomic E-state index is -0.156. The van der Waals surface area contributed by atoms with Crippen LogP contribution in [-0.4, -0.2) is 28.9 Å². The number of hydrogen-bond acceptors (Lipinski definition) is 4. The molecule has 2 aliphatic rings. The summed E-state index contributed by atoms with van der Waals surface area (Å²) in [4.78, 5) is 30.3. The van der Waals surface area contributed by atoms with E-state index >= 15 is 0 Å². The number of benzene rings is 2. The lowest BCUT2D eigenvalue weighted by Gasteiger charge is -2.28. The van der Waals surface area contributed by atoms with E-state index in [1.54, 1.807) is 4.90 Å². The van der Waals surface area contributed by atoms with Crippen LogP contribution < -0.4 is 4.74 Å². The molecule has 2 aromatic rings. The number of ether oxygens (including phenoxy) is 1. The zero-order valence-corrected chi connectivity index (χ0v) is 19.7. The maximum absolute atomic E-state index is 13.7. The highest BCUT2D eigenvalue weighted by molar-refractivity contribution is 8.04. The summed E-state index contributed by atoms with van der Waals surface area (Å²) in [5.41, 5.74) is 1.29. The van der Waals surface area contributed by atoms with Crippen molar-refractivity contribution in [1.82, 2.24) is 4.90 Å². The van der Waals surface area contributed by atoms with Gasteiger partial charge in [0, 0.05) is 10.9 Å². The Hall–Kier alpha value is -2.53. The molecule has 0 unspecified atom stereocenters. The van der Waals surface area contributed by atoms with Crippen LogP contribution in [0.15, 0.2) is 64.4 Å². The molecule has 4 rings (SSSR count). The third-order valence-electron chi connectivity index (χ3n) is 5.99. The zero-order valence-electron chi connectivity index (χ0n) is 18.9. The molecule has 1 fully saturated rings. The second-order valence-electron chi connectivity index (χ2n) is 8.79. The van der Waals surface area contributed by atoms with Crippen molar-refractivity contribution in [1.29, 1.82) is 0 Å². The van der Waals surface area contributed by atoms with E-state index in [-0.39, 0.29) is 24.0 Å². The van der Waals surface area contributed by atoms with E-state index in [1.165, 1.54) is 31.0 Å². The van der Waals surface area contributed by atoms with E-state index in [2.05, 4.69) is 0 Å². The van der Waals surface area contributed by atoms with Gasteiger partial charge < -0.3 is 4.74 Å². The van der Waals surface area contributed by atoms with Crippen molar-refractivity contribution in [2.45, 2.75) is 75.8 Å². The van der Waals surface area contributed by atoms with Crippen LogP contribution in [0.1, 0.15) is 64.4 Å². The fourth-order valence-corrected chi connectivity index (χ4v) is 5.50. The number of rotatable bonds is 6. The highest BCUT2D eigenvalue weighted by Gasteiger charge is 2.42. The average Bonchev–Trinajstić information content (AvgIpc) is 2.99. The Morgan fingerprint density at radius 3 is 2.09 bits per heavy atom. The summed E-state index contributed by atoms with van der Waals surface area (Å²) in [5.74, 6) is 0.457. The fourth-order valence-electron chi connectivity index (χ4n) is 4.48. The molecule has 32 heavy (non-hydrogen) atoms. The predicted molar refractivity (Wildman–Crippen MR) is 129 cm³/mol. The molecule has 2 aromatic carbocycles. The summed E-state index contributed by atoms with van der Waals surface area (Å²) in [6.45, 7) is 3.97. The first-order valence-electron chi connectivity index (χ1n) is 11.7. The van der Waals surface area contributed by atoms with Gasteiger partial charge in [0.1, 0.15) is 5.75 Å². The SMILES string of the molecule is CC(C)Oc1ccc(C2=C(Sc3ccccc3)C(=O)N(C3CCCCCCC3)C2=O)cc1. The minimum Gasteiger partial charge on any atom is -0.491 e. The number of carbonyl (C=O) groups excluding carboxylic acids is 2. The lowest BCUT2D eigenvalue weighted by molar-refractivity contribution is -0.139. The maximum Gasteiger partial charge on any atom is 0.268 e. The molecule has 5 heteroatoms. The van der Waals surface area contributed by atoms with Crippen LogP contribution >= 0.6 is 11.8 Å². The number of imide groups is 1. The standard InChI is InChI=1S/C27H31NO3S/c1-19(2)31-22-17-15-20(16-18-22)24-25(32-23-13-9-6-10-14-23)27(30)28(26(24)29)21-11-7-4-3-5-8-12-21/h6,9-10,13-19,21H,3-5,7-8,11-12H2,1-2H3.